The zero-order chi connectivity index (χ0) is 36.9. The van der Waals surface area contributed by atoms with Crippen molar-refractivity contribution in [3.63, 3.8) is 0 Å². The molecule has 0 unspecified atom stereocenters. The summed E-state index contributed by atoms with van der Waals surface area (Å²) in [5, 5.41) is 2.30. The molecule has 2 heterocycles. The van der Waals surface area contributed by atoms with Gasteiger partial charge in [0.25, 0.3) is 5.56 Å². The van der Waals surface area contributed by atoms with Crippen LogP contribution >= 0.6 is 43.2 Å². The van der Waals surface area contributed by atoms with Gasteiger partial charge in [0.2, 0.25) is 0 Å². The Hall–Kier alpha value is -4.72. The second-order valence-corrected chi connectivity index (χ2v) is 14.3. The molecule has 0 bridgehead atoms. The van der Waals surface area contributed by atoms with Gasteiger partial charge in [0.1, 0.15) is 12.4 Å². The third kappa shape index (κ3) is 7.86. The number of halogens is 2. The first-order valence-electron chi connectivity index (χ1n) is 16.4. The molecule has 0 amide bonds. The second-order valence-electron chi connectivity index (χ2n) is 11.6. The first-order valence-corrected chi connectivity index (χ1v) is 18.8. The zero-order valence-electron chi connectivity index (χ0n) is 28.7. The van der Waals surface area contributed by atoms with Gasteiger partial charge in [-0.1, -0.05) is 53.8 Å². The van der Waals surface area contributed by atoms with Gasteiger partial charge in [-0.2, -0.15) is 0 Å². The molecule has 0 saturated heterocycles. The molecule has 1 aromatic heterocycles. The van der Waals surface area contributed by atoms with Crippen LogP contribution in [-0.2, 0) is 25.7 Å². The highest BCUT2D eigenvalue weighted by Crippen LogP contribution is 2.38. The van der Waals surface area contributed by atoms with Gasteiger partial charge in [-0.25, -0.2) is 14.6 Å². The van der Waals surface area contributed by atoms with Crippen LogP contribution in [0.3, 0.4) is 0 Å². The number of aromatic nitrogens is 1. The number of benzene rings is 4. The average molecular weight is 851 g/mol. The van der Waals surface area contributed by atoms with Crippen molar-refractivity contribution in [3.8, 4) is 17.2 Å². The van der Waals surface area contributed by atoms with Crippen LogP contribution < -0.4 is 29.1 Å². The van der Waals surface area contributed by atoms with Crippen LogP contribution in [0.4, 0.5) is 0 Å². The number of methoxy groups -OCH3 is 1. The number of fused-ring (bicyclic) bond motifs is 2. The monoisotopic (exact) mass is 848 g/mol. The predicted octanol–water partition coefficient (Wildman–Crippen LogP) is 7.01. The van der Waals surface area contributed by atoms with Crippen molar-refractivity contribution in [2.24, 2.45) is 4.99 Å². The smallest absolute Gasteiger partial charge is 0.343 e. The number of hydrogen-bond donors (Lipinski definition) is 0. The molecule has 1 aliphatic heterocycles. The Morgan fingerprint density at radius 1 is 0.904 bits per heavy atom. The van der Waals surface area contributed by atoms with E-state index in [0.29, 0.717) is 60.0 Å². The molecule has 52 heavy (non-hydrogen) atoms. The van der Waals surface area contributed by atoms with Crippen LogP contribution in [0.15, 0.2) is 103 Å². The van der Waals surface area contributed by atoms with Gasteiger partial charge >= 0.3 is 11.9 Å². The molecule has 4 aromatic carbocycles. The molecular weight excluding hydrogens is 816 g/mol. The van der Waals surface area contributed by atoms with Crippen LogP contribution in [0.5, 0.6) is 17.2 Å². The maximum atomic E-state index is 14.3. The van der Waals surface area contributed by atoms with E-state index in [1.807, 2.05) is 37.3 Å². The predicted molar refractivity (Wildman–Crippen MR) is 206 cm³/mol. The van der Waals surface area contributed by atoms with E-state index in [4.69, 9.17) is 23.7 Å². The molecule has 0 spiro atoms. The Labute approximate surface area is 320 Å². The van der Waals surface area contributed by atoms with Gasteiger partial charge in [0.05, 0.1) is 51.1 Å². The summed E-state index contributed by atoms with van der Waals surface area (Å²) in [6, 6.07) is 22.3. The molecule has 0 radical (unpaired) electrons. The highest BCUT2D eigenvalue weighted by Gasteiger charge is 2.34. The summed E-state index contributed by atoms with van der Waals surface area (Å²) in [6.45, 7) is 5.75. The van der Waals surface area contributed by atoms with Gasteiger partial charge in [-0.15, -0.1) is 0 Å². The number of rotatable bonds is 12. The van der Waals surface area contributed by atoms with E-state index >= 15 is 0 Å². The maximum Gasteiger partial charge on any atom is 0.343 e. The summed E-state index contributed by atoms with van der Waals surface area (Å²) in [5.41, 5.74) is 2.66. The summed E-state index contributed by atoms with van der Waals surface area (Å²) in [5.74, 6) is 0.137. The normalized spacial score (nSPS) is 14.1. The minimum Gasteiger partial charge on any atom is -0.490 e. The van der Waals surface area contributed by atoms with Crippen molar-refractivity contribution >= 4 is 72.0 Å². The summed E-state index contributed by atoms with van der Waals surface area (Å²) in [4.78, 5) is 44.5. The van der Waals surface area contributed by atoms with E-state index in [-0.39, 0.29) is 24.3 Å². The van der Waals surface area contributed by atoms with E-state index < -0.39 is 18.0 Å². The van der Waals surface area contributed by atoms with Crippen LogP contribution in [-0.4, -0.2) is 43.4 Å². The first kappa shape index (κ1) is 37.1. The lowest BCUT2D eigenvalue weighted by Crippen LogP contribution is -2.40. The fourth-order valence-corrected chi connectivity index (χ4v) is 8.32. The van der Waals surface area contributed by atoms with Crippen molar-refractivity contribution < 1.29 is 33.3 Å². The molecule has 5 aromatic rings. The van der Waals surface area contributed by atoms with Crippen molar-refractivity contribution in [1.29, 1.82) is 0 Å². The average Bonchev–Trinajstić information content (AvgIpc) is 3.43. The molecular formula is C39H34Br2N2O8S. The highest BCUT2D eigenvalue weighted by molar-refractivity contribution is 9.11. The number of ether oxygens (including phenoxy) is 5. The van der Waals surface area contributed by atoms with E-state index in [1.54, 1.807) is 38.1 Å². The Balaban J connectivity index is 1.37. The van der Waals surface area contributed by atoms with E-state index in [1.165, 1.54) is 23.0 Å². The largest absolute Gasteiger partial charge is 0.490 e. The SMILES string of the molecule is CCOC(=O)C1=C(C)N=c2s/c(=C\c3cc(Br)c(OCc4ccc5ccccc5c4)c(Br)c3)c(=O)n2[C@@H]1c1ccc(OCC(=O)OC)c(OCC)c1. The van der Waals surface area contributed by atoms with Crippen LogP contribution in [0.25, 0.3) is 16.8 Å². The number of nitrogens with zero attached hydrogens (tertiary/aromatic N) is 2. The van der Waals surface area contributed by atoms with Crippen molar-refractivity contribution in [3.05, 3.63) is 129 Å². The van der Waals surface area contributed by atoms with Gasteiger partial charge < -0.3 is 23.7 Å². The van der Waals surface area contributed by atoms with Gasteiger partial charge in [0.15, 0.2) is 22.9 Å². The molecule has 1 atom stereocenters. The molecule has 0 fully saturated rings. The summed E-state index contributed by atoms with van der Waals surface area (Å²) < 4.78 is 31.2. The lowest BCUT2D eigenvalue weighted by molar-refractivity contribution is -0.143. The molecule has 0 saturated carbocycles. The lowest BCUT2D eigenvalue weighted by atomic mass is 9.95. The van der Waals surface area contributed by atoms with E-state index in [0.717, 1.165) is 21.9 Å². The number of allylic oxidation sites excluding steroid dienone is 1. The fourth-order valence-electron chi connectivity index (χ4n) is 5.82. The van der Waals surface area contributed by atoms with Crippen molar-refractivity contribution in [1.82, 2.24) is 4.57 Å². The lowest BCUT2D eigenvalue weighted by Gasteiger charge is -2.25. The van der Waals surface area contributed by atoms with Crippen molar-refractivity contribution in [2.45, 2.75) is 33.4 Å². The minimum atomic E-state index is -0.879. The van der Waals surface area contributed by atoms with E-state index in [9.17, 15) is 14.4 Å². The Morgan fingerprint density at radius 3 is 2.37 bits per heavy atom. The summed E-state index contributed by atoms with van der Waals surface area (Å²) in [6.07, 6.45) is 1.78. The van der Waals surface area contributed by atoms with Crippen LogP contribution in [0.1, 0.15) is 43.5 Å². The first-order chi connectivity index (χ1) is 25.1. The number of thiazole rings is 1. The van der Waals surface area contributed by atoms with Gasteiger partial charge in [-0.3, -0.25) is 9.36 Å². The summed E-state index contributed by atoms with van der Waals surface area (Å²) >= 11 is 8.53. The second kappa shape index (κ2) is 16.3. The number of carbonyl (C=O) groups excluding carboxylic acids is 2. The third-order valence-electron chi connectivity index (χ3n) is 8.19. The number of carbonyl (C=O) groups is 2. The van der Waals surface area contributed by atoms with Crippen molar-refractivity contribution in [2.75, 3.05) is 26.9 Å². The Bertz CT molecular complexity index is 2380. The molecule has 0 aliphatic carbocycles. The van der Waals surface area contributed by atoms with E-state index in [2.05, 4.69) is 61.1 Å². The van der Waals surface area contributed by atoms with Gasteiger partial charge in [-0.05, 0) is 117 Å². The standard InChI is InChI=1S/C39H34Br2N2O8S/c1-5-48-31-19-27(13-14-30(31)50-21-33(44)47-4)35-34(38(46)49-6-2)22(3)42-39-43(35)37(45)32(52-39)18-24-16-28(40)36(29(41)17-24)51-20-23-11-12-25-9-7-8-10-26(25)15-23/h7-19,35H,5-6,20-21H2,1-4H3/b32-18-/t35-/m1/s1. The zero-order valence-corrected chi connectivity index (χ0v) is 32.7. The molecule has 1 aliphatic rings. The van der Waals surface area contributed by atoms with Crippen LogP contribution in [0, 0.1) is 0 Å². The molecule has 10 nitrogen and oxygen atoms in total. The topological polar surface area (TPSA) is 115 Å². The molecule has 268 valence electrons. The molecule has 0 N–H and O–H groups in total. The van der Waals surface area contributed by atoms with Gasteiger partial charge in [0, 0.05) is 0 Å². The third-order valence-corrected chi connectivity index (χ3v) is 10.4. The highest BCUT2D eigenvalue weighted by atomic mass is 79.9. The number of esters is 2. The minimum absolute atomic E-state index is 0.142. The number of hydrogen-bond acceptors (Lipinski definition) is 10. The quantitative estimate of drug-likeness (QED) is 0.123. The van der Waals surface area contributed by atoms with Crippen LogP contribution in [0.2, 0.25) is 0 Å². The molecule has 6 rings (SSSR count). The molecule has 13 heteroatoms. The Morgan fingerprint density at radius 2 is 1.65 bits per heavy atom. The summed E-state index contributed by atoms with van der Waals surface area (Å²) in [7, 11) is 1.27. The Kier molecular flexibility index (Phi) is 11.6. The fraction of sp³-hybridized carbons (Fsp3) is 0.231. The maximum absolute atomic E-state index is 14.3.